The predicted molar refractivity (Wildman–Crippen MR) is 65.3 cm³/mol. The molecule has 2 heterocycles. The average Bonchev–Trinajstić information content (AvgIpc) is 2.86. The van der Waals surface area contributed by atoms with Gasteiger partial charge in [-0.05, 0) is 6.42 Å². The Kier molecular flexibility index (Phi) is 3.50. The SMILES string of the molecule is Cn1ncc(CNC(=O)CN2CCCC2=O)c1N. The summed E-state index contributed by atoms with van der Waals surface area (Å²) < 4.78 is 1.55. The molecule has 18 heavy (non-hydrogen) atoms. The van der Waals surface area contributed by atoms with E-state index >= 15 is 0 Å². The standard InChI is InChI=1S/C11H17N5O2/c1-15-11(12)8(6-14-15)5-13-9(17)7-16-4-2-3-10(16)18/h6H,2-5,7,12H2,1H3,(H,13,17). The molecule has 2 amide bonds. The topological polar surface area (TPSA) is 93.2 Å². The van der Waals surface area contributed by atoms with Gasteiger partial charge >= 0.3 is 0 Å². The zero-order chi connectivity index (χ0) is 13.1. The molecule has 0 atom stereocenters. The van der Waals surface area contributed by atoms with Crippen molar-refractivity contribution in [2.75, 3.05) is 18.8 Å². The maximum absolute atomic E-state index is 11.7. The van der Waals surface area contributed by atoms with E-state index in [1.165, 1.54) is 0 Å². The van der Waals surface area contributed by atoms with Crippen LogP contribution in [0.15, 0.2) is 6.20 Å². The van der Waals surface area contributed by atoms with Gasteiger partial charge < -0.3 is 16.0 Å². The minimum absolute atomic E-state index is 0.0473. The third-order valence-corrected chi connectivity index (χ3v) is 3.05. The number of carbonyl (C=O) groups excluding carboxylic acids is 2. The van der Waals surface area contributed by atoms with E-state index in [2.05, 4.69) is 10.4 Å². The summed E-state index contributed by atoms with van der Waals surface area (Å²) in [5, 5.41) is 6.72. The van der Waals surface area contributed by atoms with E-state index in [0.29, 0.717) is 25.3 Å². The summed E-state index contributed by atoms with van der Waals surface area (Å²) in [5.41, 5.74) is 6.54. The molecule has 1 saturated heterocycles. The van der Waals surface area contributed by atoms with Crippen molar-refractivity contribution in [1.29, 1.82) is 0 Å². The number of rotatable bonds is 4. The van der Waals surface area contributed by atoms with E-state index < -0.39 is 0 Å². The zero-order valence-corrected chi connectivity index (χ0v) is 10.3. The van der Waals surface area contributed by atoms with Crippen LogP contribution in [-0.4, -0.2) is 39.6 Å². The molecule has 98 valence electrons. The Balaban J connectivity index is 1.81. The first-order chi connectivity index (χ1) is 8.58. The van der Waals surface area contributed by atoms with Crippen molar-refractivity contribution < 1.29 is 9.59 Å². The number of amides is 2. The van der Waals surface area contributed by atoms with Gasteiger partial charge in [0.25, 0.3) is 0 Å². The second-order valence-corrected chi connectivity index (χ2v) is 4.37. The number of anilines is 1. The molecule has 3 N–H and O–H groups in total. The largest absolute Gasteiger partial charge is 0.384 e. The van der Waals surface area contributed by atoms with Gasteiger partial charge in [-0.2, -0.15) is 5.10 Å². The van der Waals surface area contributed by atoms with E-state index in [1.807, 2.05) is 0 Å². The number of nitrogens with one attached hydrogen (secondary N) is 1. The van der Waals surface area contributed by atoms with Crippen molar-refractivity contribution in [2.24, 2.45) is 7.05 Å². The maximum Gasteiger partial charge on any atom is 0.239 e. The summed E-state index contributed by atoms with van der Waals surface area (Å²) in [7, 11) is 1.74. The minimum atomic E-state index is -0.173. The van der Waals surface area contributed by atoms with Gasteiger partial charge in [-0.15, -0.1) is 0 Å². The van der Waals surface area contributed by atoms with Gasteiger partial charge in [0.05, 0.1) is 12.7 Å². The molecule has 1 aromatic heterocycles. The molecule has 0 spiro atoms. The molecule has 2 rings (SSSR count). The molecule has 7 heteroatoms. The first-order valence-electron chi connectivity index (χ1n) is 5.88. The number of carbonyl (C=O) groups is 2. The van der Waals surface area contributed by atoms with E-state index in [0.717, 1.165) is 12.0 Å². The van der Waals surface area contributed by atoms with E-state index in [-0.39, 0.29) is 18.4 Å². The summed E-state index contributed by atoms with van der Waals surface area (Å²) in [6.45, 7) is 1.13. The fraction of sp³-hybridized carbons (Fsp3) is 0.545. The van der Waals surface area contributed by atoms with Gasteiger partial charge in [0.1, 0.15) is 5.82 Å². The molecule has 0 saturated carbocycles. The number of aromatic nitrogens is 2. The average molecular weight is 251 g/mol. The normalized spacial score (nSPS) is 15.2. The molecule has 0 aromatic carbocycles. The summed E-state index contributed by atoms with van der Waals surface area (Å²) in [6, 6.07) is 0. The van der Waals surface area contributed by atoms with Crippen LogP contribution >= 0.6 is 0 Å². The summed E-state index contributed by atoms with van der Waals surface area (Å²) in [5.74, 6) is 0.409. The van der Waals surface area contributed by atoms with Crippen molar-refractivity contribution >= 4 is 17.6 Å². The Labute approximate surface area is 105 Å². The number of nitrogens with two attached hydrogens (primary N) is 1. The van der Waals surface area contributed by atoms with Crippen molar-refractivity contribution in [3.8, 4) is 0 Å². The second kappa shape index (κ2) is 5.07. The number of nitrogen functional groups attached to an aromatic ring is 1. The zero-order valence-electron chi connectivity index (χ0n) is 10.3. The van der Waals surface area contributed by atoms with Crippen LogP contribution in [0, 0.1) is 0 Å². The van der Waals surface area contributed by atoms with Crippen molar-refractivity contribution in [3.05, 3.63) is 11.8 Å². The van der Waals surface area contributed by atoms with E-state index in [1.54, 1.807) is 22.8 Å². The first kappa shape index (κ1) is 12.4. The van der Waals surface area contributed by atoms with Gasteiger partial charge in [-0.25, -0.2) is 0 Å². The Morgan fingerprint density at radius 1 is 1.61 bits per heavy atom. The Hall–Kier alpha value is -2.05. The van der Waals surface area contributed by atoms with Crippen molar-refractivity contribution in [3.63, 3.8) is 0 Å². The van der Waals surface area contributed by atoms with E-state index in [9.17, 15) is 9.59 Å². The van der Waals surface area contributed by atoms with Crippen LogP contribution in [0.25, 0.3) is 0 Å². The quantitative estimate of drug-likeness (QED) is 0.735. The lowest BCUT2D eigenvalue weighted by molar-refractivity contribution is -0.133. The highest BCUT2D eigenvalue weighted by Crippen LogP contribution is 2.10. The maximum atomic E-state index is 11.7. The minimum Gasteiger partial charge on any atom is -0.384 e. The highest BCUT2D eigenvalue weighted by Gasteiger charge is 2.22. The lowest BCUT2D eigenvalue weighted by Gasteiger charge is -2.14. The third kappa shape index (κ3) is 2.61. The Bertz CT molecular complexity index is 468. The molecule has 1 aromatic rings. The number of likely N-dealkylation sites (tertiary alicyclic amines) is 1. The fourth-order valence-electron chi connectivity index (χ4n) is 1.92. The Morgan fingerprint density at radius 2 is 2.39 bits per heavy atom. The monoisotopic (exact) mass is 251 g/mol. The molecule has 1 fully saturated rings. The van der Waals surface area contributed by atoms with Gasteiger partial charge in [0.2, 0.25) is 11.8 Å². The Morgan fingerprint density at radius 3 is 2.94 bits per heavy atom. The first-order valence-corrected chi connectivity index (χ1v) is 5.88. The molecule has 0 aliphatic carbocycles. The number of hydrogen-bond acceptors (Lipinski definition) is 4. The second-order valence-electron chi connectivity index (χ2n) is 4.37. The van der Waals surface area contributed by atoms with Crippen molar-refractivity contribution in [1.82, 2.24) is 20.0 Å². The molecule has 1 aliphatic heterocycles. The van der Waals surface area contributed by atoms with E-state index in [4.69, 9.17) is 5.73 Å². The summed E-state index contributed by atoms with van der Waals surface area (Å²) >= 11 is 0. The van der Waals surface area contributed by atoms with Gasteiger partial charge in [-0.1, -0.05) is 0 Å². The molecule has 0 bridgehead atoms. The molecular weight excluding hydrogens is 234 g/mol. The van der Waals surface area contributed by atoms with Gasteiger partial charge in [0, 0.05) is 32.1 Å². The van der Waals surface area contributed by atoms with Crippen LogP contribution in [0.5, 0.6) is 0 Å². The van der Waals surface area contributed by atoms with Crippen LogP contribution in [-0.2, 0) is 23.2 Å². The highest BCUT2D eigenvalue weighted by atomic mass is 16.2. The van der Waals surface area contributed by atoms with Crippen LogP contribution in [0.1, 0.15) is 18.4 Å². The highest BCUT2D eigenvalue weighted by molar-refractivity contribution is 5.85. The fourth-order valence-corrected chi connectivity index (χ4v) is 1.92. The van der Waals surface area contributed by atoms with Crippen LogP contribution in [0.3, 0.4) is 0 Å². The van der Waals surface area contributed by atoms with Crippen LogP contribution < -0.4 is 11.1 Å². The molecular formula is C11H17N5O2. The number of nitrogens with zero attached hydrogens (tertiary/aromatic N) is 3. The van der Waals surface area contributed by atoms with Crippen molar-refractivity contribution in [2.45, 2.75) is 19.4 Å². The lowest BCUT2D eigenvalue weighted by atomic mass is 10.3. The number of hydrogen-bond donors (Lipinski definition) is 2. The summed E-state index contributed by atoms with van der Waals surface area (Å²) in [6.07, 6.45) is 3.00. The molecule has 0 unspecified atom stereocenters. The van der Waals surface area contributed by atoms with Crippen LogP contribution in [0.4, 0.5) is 5.82 Å². The number of aryl methyl sites for hydroxylation is 1. The lowest BCUT2D eigenvalue weighted by Crippen LogP contribution is -2.37. The molecule has 1 aliphatic rings. The molecule has 7 nitrogen and oxygen atoms in total. The van der Waals surface area contributed by atoms with Crippen LogP contribution in [0.2, 0.25) is 0 Å². The molecule has 0 radical (unpaired) electrons. The smallest absolute Gasteiger partial charge is 0.239 e. The predicted octanol–water partition coefficient (Wildman–Crippen LogP) is -0.759. The van der Waals surface area contributed by atoms with Gasteiger partial charge in [0.15, 0.2) is 0 Å². The van der Waals surface area contributed by atoms with Gasteiger partial charge in [-0.3, -0.25) is 14.3 Å². The third-order valence-electron chi connectivity index (χ3n) is 3.05. The summed E-state index contributed by atoms with van der Waals surface area (Å²) in [4.78, 5) is 24.6.